The third-order valence-corrected chi connectivity index (χ3v) is 5.16. The molecule has 1 aromatic carbocycles. The van der Waals surface area contributed by atoms with Gasteiger partial charge in [-0.25, -0.2) is 4.79 Å². The minimum Gasteiger partial charge on any atom is -0.466 e. The summed E-state index contributed by atoms with van der Waals surface area (Å²) in [6.45, 7) is 16.2. The molecule has 0 saturated carbocycles. The van der Waals surface area contributed by atoms with Gasteiger partial charge in [-0.1, -0.05) is 18.2 Å². The van der Waals surface area contributed by atoms with E-state index in [0.29, 0.717) is 5.56 Å². The van der Waals surface area contributed by atoms with Crippen LogP contribution in [0.1, 0.15) is 77.6 Å². The van der Waals surface area contributed by atoms with Gasteiger partial charge in [-0.2, -0.15) is 0 Å². The van der Waals surface area contributed by atoms with Crippen LogP contribution in [0.3, 0.4) is 0 Å². The molecule has 0 aliphatic heterocycles. The van der Waals surface area contributed by atoms with Crippen LogP contribution < -0.4 is 10.6 Å². The molecular formula is C26H41N3O6. The first-order chi connectivity index (χ1) is 16.1. The third kappa shape index (κ3) is 9.58. The summed E-state index contributed by atoms with van der Waals surface area (Å²) in [4.78, 5) is 52.3. The van der Waals surface area contributed by atoms with Crippen LogP contribution >= 0.6 is 0 Å². The standard InChI is InChI=1S/C26H41N3O6/c1-10-34-21(31)14-15-27-23(32)22(19-13-11-12-17(2)18(19)3)29(25(4,5)6)20(30)16-28-24(33)35-26(7,8)9/h11-13,22H,10,14-16H2,1-9H3,(H,27,32)(H,28,33). The first-order valence-electron chi connectivity index (χ1n) is 11.9. The Morgan fingerprint density at radius 1 is 1.00 bits per heavy atom. The van der Waals surface area contributed by atoms with Gasteiger partial charge in [-0.05, 0) is 79.0 Å². The fourth-order valence-electron chi connectivity index (χ4n) is 3.54. The van der Waals surface area contributed by atoms with Crippen molar-refractivity contribution in [1.29, 1.82) is 0 Å². The Bertz CT molecular complexity index is 915. The molecule has 1 rings (SSSR count). The molecule has 0 aromatic heterocycles. The predicted molar refractivity (Wildman–Crippen MR) is 134 cm³/mol. The fourth-order valence-corrected chi connectivity index (χ4v) is 3.54. The second kappa shape index (κ2) is 12.6. The Labute approximate surface area is 208 Å². The molecule has 1 aromatic rings. The Balaban J connectivity index is 3.29. The van der Waals surface area contributed by atoms with E-state index in [9.17, 15) is 19.2 Å². The maximum Gasteiger partial charge on any atom is 0.408 e. The number of alkyl carbamates (subject to hydrolysis) is 1. The van der Waals surface area contributed by atoms with Crippen molar-refractivity contribution in [2.45, 2.75) is 85.9 Å². The number of hydrogen-bond acceptors (Lipinski definition) is 6. The molecule has 3 amide bonds. The lowest BCUT2D eigenvalue weighted by Crippen LogP contribution is -2.55. The highest BCUT2D eigenvalue weighted by Crippen LogP contribution is 2.32. The second-order valence-corrected chi connectivity index (χ2v) is 10.3. The highest BCUT2D eigenvalue weighted by Gasteiger charge is 2.39. The van der Waals surface area contributed by atoms with Crippen LogP contribution in [0.5, 0.6) is 0 Å². The summed E-state index contributed by atoms with van der Waals surface area (Å²) >= 11 is 0. The lowest BCUT2D eigenvalue weighted by molar-refractivity contribution is -0.146. The molecule has 9 heteroatoms. The molecule has 9 nitrogen and oxygen atoms in total. The number of rotatable bonds is 9. The predicted octanol–water partition coefficient (Wildman–Crippen LogP) is 3.57. The van der Waals surface area contributed by atoms with Gasteiger partial charge in [-0.15, -0.1) is 0 Å². The third-order valence-electron chi connectivity index (χ3n) is 5.16. The molecule has 0 heterocycles. The van der Waals surface area contributed by atoms with Crippen molar-refractivity contribution in [2.24, 2.45) is 0 Å². The van der Waals surface area contributed by atoms with Gasteiger partial charge in [0.25, 0.3) is 0 Å². The quantitative estimate of drug-likeness (QED) is 0.511. The Morgan fingerprint density at radius 2 is 1.63 bits per heavy atom. The minimum absolute atomic E-state index is 0.0166. The van der Waals surface area contributed by atoms with Gasteiger partial charge in [-0.3, -0.25) is 14.4 Å². The smallest absolute Gasteiger partial charge is 0.408 e. The van der Waals surface area contributed by atoms with Crippen molar-refractivity contribution >= 4 is 23.9 Å². The maximum absolute atomic E-state index is 13.5. The summed E-state index contributed by atoms with van der Waals surface area (Å²) in [5.41, 5.74) is 1.03. The summed E-state index contributed by atoms with van der Waals surface area (Å²) in [5.74, 6) is -1.29. The average Bonchev–Trinajstić information content (AvgIpc) is 2.70. The molecule has 0 radical (unpaired) electrons. The monoisotopic (exact) mass is 491 g/mol. The maximum atomic E-state index is 13.5. The van der Waals surface area contributed by atoms with E-state index >= 15 is 0 Å². The number of ether oxygens (including phenoxy) is 2. The van der Waals surface area contributed by atoms with Crippen LogP contribution in [0.4, 0.5) is 4.79 Å². The van der Waals surface area contributed by atoms with Crippen LogP contribution in [0, 0.1) is 13.8 Å². The summed E-state index contributed by atoms with van der Waals surface area (Å²) in [5, 5.41) is 5.26. The van der Waals surface area contributed by atoms with Crippen molar-refractivity contribution in [1.82, 2.24) is 15.5 Å². The molecule has 1 unspecified atom stereocenters. The average molecular weight is 492 g/mol. The molecule has 0 bridgehead atoms. The molecule has 0 spiro atoms. The van der Waals surface area contributed by atoms with Gasteiger partial charge in [0.05, 0.1) is 13.0 Å². The van der Waals surface area contributed by atoms with Gasteiger partial charge in [0.1, 0.15) is 18.2 Å². The summed E-state index contributed by atoms with van der Waals surface area (Å²) < 4.78 is 10.2. The number of nitrogens with one attached hydrogen (secondary N) is 2. The van der Waals surface area contributed by atoms with Crippen molar-refractivity contribution in [3.63, 3.8) is 0 Å². The number of nitrogens with zero attached hydrogens (tertiary/aromatic N) is 1. The van der Waals surface area contributed by atoms with Crippen LogP contribution in [0.2, 0.25) is 0 Å². The highest BCUT2D eigenvalue weighted by molar-refractivity contribution is 5.91. The van der Waals surface area contributed by atoms with Crippen molar-refractivity contribution in [3.8, 4) is 0 Å². The van der Waals surface area contributed by atoms with E-state index in [4.69, 9.17) is 9.47 Å². The lowest BCUT2D eigenvalue weighted by Gasteiger charge is -2.42. The van der Waals surface area contributed by atoms with Crippen LogP contribution in [0.25, 0.3) is 0 Å². The summed E-state index contributed by atoms with van der Waals surface area (Å²) in [6, 6.07) is 4.60. The van der Waals surface area contributed by atoms with Crippen LogP contribution in [-0.4, -0.2) is 59.6 Å². The number of benzene rings is 1. The summed E-state index contributed by atoms with van der Waals surface area (Å²) in [7, 11) is 0. The summed E-state index contributed by atoms with van der Waals surface area (Å²) in [6.07, 6.45) is -0.704. The first-order valence-corrected chi connectivity index (χ1v) is 11.9. The number of aryl methyl sites for hydroxylation is 1. The molecule has 0 aliphatic carbocycles. The zero-order valence-electron chi connectivity index (χ0n) is 22.5. The number of amides is 3. The van der Waals surface area contributed by atoms with E-state index in [1.54, 1.807) is 27.7 Å². The number of carbonyl (C=O) groups excluding carboxylic acids is 4. The second-order valence-electron chi connectivity index (χ2n) is 10.3. The molecule has 35 heavy (non-hydrogen) atoms. The van der Waals surface area contributed by atoms with Gasteiger partial charge in [0.15, 0.2) is 0 Å². The molecule has 2 N–H and O–H groups in total. The van der Waals surface area contributed by atoms with Crippen molar-refractivity contribution in [3.05, 3.63) is 34.9 Å². The zero-order chi connectivity index (χ0) is 27.0. The first kappa shape index (κ1) is 29.9. The Hall–Kier alpha value is -3.10. The van der Waals surface area contributed by atoms with Gasteiger partial charge < -0.3 is 25.0 Å². The molecule has 0 aliphatic rings. The van der Waals surface area contributed by atoms with E-state index in [1.807, 2.05) is 52.8 Å². The molecule has 196 valence electrons. The van der Waals surface area contributed by atoms with E-state index in [1.165, 1.54) is 4.90 Å². The van der Waals surface area contributed by atoms with E-state index in [2.05, 4.69) is 10.6 Å². The molecular weight excluding hydrogens is 450 g/mol. The van der Waals surface area contributed by atoms with Gasteiger partial charge in [0, 0.05) is 12.1 Å². The number of hydrogen-bond donors (Lipinski definition) is 2. The van der Waals surface area contributed by atoms with E-state index in [0.717, 1.165) is 11.1 Å². The van der Waals surface area contributed by atoms with Crippen LogP contribution in [-0.2, 0) is 23.9 Å². The number of carbonyl (C=O) groups is 4. The van der Waals surface area contributed by atoms with Gasteiger partial charge >= 0.3 is 12.1 Å². The Morgan fingerprint density at radius 3 is 2.17 bits per heavy atom. The minimum atomic E-state index is -0.981. The normalized spacial score (nSPS) is 12.4. The topological polar surface area (TPSA) is 114 Å². The van der Waals surface area contributed by atoms with E-state index < -0.39 is 41.1 Å². The highest BCUT2D eigenvalue weighted by atomic mass is 16.6. The molecule has 1 atom stereocenters. The van der Waals surface area contributed by atoms with Crippen molar-refractivity contribution < 1.29 is 28.7 Å². The van der Waals surface area contributed by atoms with Crippen molar-refractivity contribution in [2.75, 3.05) is 19.7 Å². The lowest BCUT2D eigenvalue weighted by atomic mass is 9.92. The number of esters is 1. The Kier molecular flexibility index (Phi) is 10.7. The molecule has 0 saturated heterocycles. The van der Waals surface area contributed by atoms with Crippen LogP contribution in [0.15, 0.2) is 18.2 Å². The SMILES string of the molecule is CCOC(=O)CCNC(=O)C(c1cccc(C)c1C)N(C(=O)CNC(=O)OC(C)(C)C)C(C)(C)C. The van der Waals surface area contributed by atoms with Gasteiger partial charge in [0.2, 0.25) is 11.8 Å². The molecule has 0 fully saturated rings. The fraction of sp³-hybridized carbons (Fsp3) is 0.615. The van der Waals surface area contributed by atoms with E-state index in [-0.39, 0.29) is 26.1 Å². The largest absolute Gasteiger partial charge is 0.466 e. The zero-order valence-corrected chi connectivity index (χ0v) is 22.5.